The minimum absolute atomic E-state index is 0.197. The van der Waals surface area contributed by atoms with Gasteiger partial charge in [0.05, 0.1) is 16.3 Å². The van der Waals surface area contributed by atoms with E-state index >= 15 is 0 Å². The van der Waals surface area contributed by atoms with Gasteiger partial charge in [-0.2, -0.15) is 5.10 Å². The van der Waals surface area contributed by atoms with Gasteiger partial charge in [-0.1, -0.05) is 41.7 Å². The standard InChI is InChI=1S/C22H21N5O3S/c1-14-21(31-22(23-14)27-24-15(2)28)18(26-25-17-6-4-3-5-7-17)10-8-16-9-11-19-20(12-16)30-13-29-19/h3-12,25H,13H2,1-2H3,(H,23,27)(H,24,28)/b10-8?,26-18+. The molecule has 31 heavy (non-hydrogen) atoms. The van der Waals surface area contributed by atoms with Crippen LogP contribution in [-0.4, -0.2) is 23.4 Å². The van der Waals surface area contributed by atoms with Crippen molar-refractivity contribution in [2.45, 2.75) is 13.8 Å². The lowest BCUT2D eigenvalue weighted by atomic mass is 10.1. The lowest BCUT2D eigenvalue weighted by Crippen LogP contribution is -2.26. The summed E-state index contributed by atoms with van der Waals surface area (Å²) in [6, 6.07) is 15.5. The molecule has 8 nitrogen and oxygen atoms in total. The molecule has 4 rings (SSSR count). The van der Waals surface area contributed by atoms with Crippen molar-refractivity contribution in [2.75, 3.05) is 17.6 Å². The second kappa shape index (κ2) is 9.31. The van der Waals surface area contributed by atoms with E-state index in [-0.39, 0.29) is 12.7 Å². The number of fused-ring (bicyclic) bond motifs is 1. The van der Waals surface area contributed by atoms with Crippen molar-refractivity contribution in [3.63, 3.8) is 0 Å². The molecule has 1 aliphatic heterocycles. The average molecular weight is 436 g/mol. The number of anilines is 2. The molecular formula is C22H21N5O3S. The van der Waals surface area contributed by atoms with Crippen LogP contribution in [0.4, 0.5) is 10.8 Å². The number of amides is 1. The van der Waals surface area contributed by atoms with Gasteiger partial charge in [0.25, 0.3) is 0 Å². The molecule has 0 radical (unpaired) electrons. The van der Waals surface area contributed by atoms with Crippen molar-refractivity contribution in [1.29, 1.82) is 0 Å². The molecule has 1 aromatic heterocycles. The molecule has 9 heteroatoms. The van der Waals surface area contributed by atoms with Crippen molar-refractivity contribution >= 4 is 39.9 Å². The summed E-state index contributed by atoms with van der Waals surface area (Å²) in [5, 5.41) is 5.18. The Morgan fingerprint density at radius 2 is 1.97 bits per heavy atom. The van der Waals surface area contributed by atoms with Gasteiger partial charge in [0.1, 0.15) is 5.71 Å². The number of hydrazine groups is 1. The van der Waals surface area contributed by atoms with E-state index in [9.17, 15) is 4.79 Å². The van der Waals surface area contributed by atoms with Gasteiger partial charge in [0, 0.05) is 6.92 Å². The van der Waals surface area contributed by atoms with Gasteiger partial charge in [-0.3, -0.25) is 21.1 Å². The molecule has 0 bridgehead atoms. The molecule has 1 aliphatic rings. The Morgan fingerprint density at radius 3 is 2.77 bits per heavy atom. The van der Waals surface area contributed by atoms with Crippen LogP contribution in [0.25, 0.3) is 6.08 Å². The number of nitrogens with one attached hydrogen (secondary N) is 3. The summed E-state index contributed by atoms with van der Waals surface area (Å²) in [5.74, 6) is 1.26. The van der Waals surface area contributed by atoms with Gasteiger partial charge in [0.15, 0.2) is 11.5 Å². The minimum Gasteiger partial charge on any atom is -0.454 e. The Hall–Kier alpha value is -3.85. The molecule has 0 saturated heterocycles. The van der Waals surface area contributed by atoms with Crippen LogP contribution in [0.5, 0.6) is 11.5 Å². The summed E-state index contributed by atoms with van der Waals surface area (Å²) in [6.07, 6.45) is 3.86. The van der Waals surface area contributed by atoms with E-state index in [0.717, 1.165) is 33.3 Å². The first-order valence-corrected chi connectivity index (χ1v) is 10.4. The van der Waals surface area contributed by atoms with Crippen LogP contribution in [-0.2, 0) is 4.79 Å². The number of carbonyl (C=O) groups is 1. The molecule has 2 heterocycles. The first-order valence-electron chi connectivity index (χ1n) is 9.55. The number of allylic oxidation sites excluding steroid dienone is 1. The van der Waals surface area contributed by atoms with Crippen molar-refractivity contribution in [3.8, 4) is 11.5 Å². The number of hydrogen-bond donors (Lipinski definition) is 3. The van der Waals surface area contributed by atoms with Gasteiger partial charge >= 0.3 is 0 Å². The number of thiazole rings is 1. The SMILES string of the molecule is CC(=O)NNc1nc(C)c(/C(C=Cc2ccc3c(c2)OCO3)=N/Nc2ccccc2)s1. The first kappa shape index (κ1) is 20.4. The topological polar surface area (TPSA) is 96.9 Å². The molecule has 0 saturated carbocycles. The minimum atomic E-state index is -0.197. The molecule has 0 fully saturated rings. The monoisotopic (exact) mass is 435 g/mol. The number of carbonyl (C=O) groups excluding carboxylic acids is 1. The molecule has 1 amide bonds. The van der Waals surface area contributed by atoms with Gasteiger partial charge < -0.3 is 9.47 Å². The van der Waals surface area contributed by atoms with E-state index in [1.54, 1.807) is 0 Å². The maximum absolute atomic E-state index is 11.2. The summed E-state index contributed by atoms with van der Waals surface area (Å²) in [6.45, 7) is 3.57. The number of nitrogens with zero attached hydrogens (tertiary/aromatic N) is 2. The number of ether oxygens (including phenoxy) is 2. The second-order valence-electron chi connectivity index (χ2n) is 6.66. The summed E-state index contributed by atoms with van der Waals surface area (Å²) in [4.78, 5) is 16.5. The fourth-order valence-corrected chi connectivity index (χ4v) is 3.71. The lowest BCUT2D eigenvalue weighted by molar-refractivity contribution is -0.118. The molecule has 0 aliphatic carbocycles. The van der Waals surface area contributed by atoms with Crippen LogP contribution in [0.15, 0.2) is 59.7 Å². The van der Waals surface area contributed by atoms with Crippen molar-refractivity contribution in [1.82, 2.24) is 10.4 Å². The average Bonchev–Trinajstić information content (AvgIpc) is 3.39. The highest BCUT2D eigenvalue weighted by molar-refractivity contribution is 7.17. The van der Waals surface area contributed by atoms with Gasteiger partial charge in [-0.25, -0.2) is 4.98 Å². The highest BCUT2D eigenvalue weighted by Crippen LogP contribution is 2.33. The Labute approximate surface area is 183 Å². The van der Waals surface area contributed by atoms with E-state index in [0.29, 0.717) is 10.8 Å². The van der Waals surface area contributed by atoms with Crippen molar-refractivity contribution in [3.05, 3.63) is 70.7 Å². The van der Waals surface area contributed by atoms with Crippen LogP contribution in [0.3, 0.4) is 0 Å². The quantitative estimate of drug-likeness (QED) is 0.381. The van der Waals surface area contributed by atoms with Gasteiger partial charge in [-0.05, 0) is 42.8 Å². The summed E-state index contributed by atoms with van der Waals surface area (Å²) >= 11 is 1.40. The number of hydrazone groups is 1. The molecule has 158 valence electrons. The van der Waals surface area contributed by atoms with Crippen molar-refractivity contribution < 1.29 is 14.3 Å². The molecule has 0 atom stereocenters. The Bertz CT molecular complexity index is 1140. The summed E-state index contributed by atoms with van der Waals surface area (Å²) in [5.41, 5.74) is 11.8. The zero-order valence-corrected chi connectivity index (χ0v) is 17.8. The molecule has 0 unspecified atom stereocenters. The molecule has 2 aromatic carbocycles. The van der Waals surface area contributed by atoms with Crippen molar-refractivity contribution in [2.24, 2.45) is 5.10 Å². The van der Waals surface area contributed by atoms with E-state index < -0.39 is 0 Å². The third-order valence-electron chi connectivity index (χ3n) is 4.28. The van der Waals surface area contributed by atoms with E-state index in [1.807, 2.05) is 67.6 Å². The number of aryl methyl sites for hydroxylation is 1. The highest BCUT2D eigenvalue weighted by Gasteiger charge is 2.14. The number of hydrogen-bond acceptors (Lipinski definition) is 8. The third-order valence-corrected chi connectivity index (χ3v) is 5.38. The Balaban J connectivity index is 1.62. The number of para-hydroxylation sites is 1. The fourth-order valence-electron chi connectivity index (χ4n) is 2.82. The molecule has 0 spiro atoms. The van der Waals surface area contributed by atoms with Crippen LogP contribution in [0, 0.1) is 6.92 Å². The molecule has 3 aromatic rings. The normalized spacial score (nSPS) is 12.8. The van der Waals surface area contributed by atoms with Gasteiger partial charge in [0.2, 0.25) is 17.8 Å². The second-order valence-corrected chi connectivity index (χ2v) is 7.66. The van der Waals surface area contributed by atoms with Crippen LogP contribution < -0.4 is 25.8 Å². The maximum atomic E-state index is 11.2. The van der Waals surface area contributed by atoms with E-state index in [1.165, 1.54) is 18.3 Å². The predicted molar refractivity (Wildman–Crippen MR) is 122 cm³/mol. The molecular weight excluding hydrogens is 414 g/mol. The maximum Gasteiger partial charge on any atom is 0.235 e. The number of aromatic nitrogens is 1. The summed E-state index contributed by atoms with van der Waals surface area (Å²) in [7, 11) is 0. The first-order chi connectivity index (χ1) is 15.1. The van der Waals surface area contributed by atoms with Crippen LogP contribution >= 0.6 is 11.3 Å². The van der Waals surface area contributed by atoms with E-state index in [2.05, 4.69) is 26.4 Å². The zero-order valence-electron chi connectivity index (χ0n) is 17.0. The largest absolute Gasteiger partial charge is 0.454 e. The summed E-state index contributed by atoms with van der Waals surface area (Å²) < 4.78 is 10.8. The number of rotatable bonds is 7. The fraction of sp³-hybridized carbons (Fsp3) is 0.136. The highest BCUT2D eigenvalue weighted by atomic mass is 32.1. The van der Waals surface area contributed by atoms with E-state index in [4.69, 9.17) is 9.47 Å². The number of benzene rings is 2. The smallest absolute Gasteiger partial charge is 0.235 e. The van der Waals surface area contributed by atoms with Crippen LogP contribution in [0.2, 0.25) is 0 Å². The zero-order chi connectivity index (χ0) is 21.6. The lowest BCUT2D eigenvalue weighted by Gasteiger charge is -2.04. The predicted octanol–water partition coefficient (Wildman–Crippen LogP) is 4.17. The Kier molecular flexibility index (Phi) is 6.13. The van der Waals surface area contributed by atoms with Gasteiger partial charge in [-0.15, -0.1) is 0 Å². The van der Waals surface area contributed by atoms with Crippen LogP contribution in [0.1, 0.15) is 23.1 Å². The Morgan fingerprint density at radius 1 is 1.16 bits per heavy atom. The molecule has 3 N–H and O–H groups in total. The third kappa shape index (κ3) is 5.20.